The van der Waals surface area contributed by atoms with Crippen LogP contribution in [0, 0.1) is 0 Å². The molecular weight excluding hydrogens is 304 g/mol. The van der Waals surface area contributed by atoms with Gasteiger partial charge in [-0.05, 0) is 16.3 Å². The van der Waals surface area contributed by atoms with Crippen LogP contribution in [0.15, 0.2) is 54.0 Å². The van der Waals surface area contributed by atoms with Gasteiger partial charge in [-0.3, -0.25) is 4.90 Å². The predicted octanol–water partition coefficient (Wildman–Crippen LogP) is 3.74. The van der Waals surface area contributed by atoms with Crippen LogP contribution in [0.1, 0.15) is 10.6 Å². The van der Waals surface area contributed by atoms with Gasteiger partial charge in [0.15, 0.2) is 0 Å². The van der Waals surface area contributed by atoms with E-state index in [-0.39, 0.29) is 6.10 Å². The summed E-state index contributed by atoms with van der Waals surface area (Å²) in [5.74, 6) is 0. The lowest BCUT2D eigenvalue weighted by Gasteiger charge is -2.32. The summed E-state index contributed by atoms with van der Waals surface area (Å²) in [6.45, 7) is 3.71. The molecule has 0 saturated carbocycles. The first kappa shape index (κ1) is 14.8. The summed E-state index contributed by atoms with van der Waals surface area (Å²) in [7, 11) is 0. The average Bonchev–Trinajstić information content (AvgIpc) is 3.09. The number of hydrogen-bond donors (Lipinski definition) is 0. The van der Waals surface area contributed by atoms with Crippen LogP contribution < -0.4 is 0 Å². The van der Waals surface area contributed by atoms with Crippen molar-refractivity contribution in [3.63, 3.8) is 0 Å². The Bertz CT molecular complexity index is 767. The topological polar surface area (TPSA) is 25.4 Å². The highest BCUT2D eigenvalue weighted by Gasteiger charge is 2.22. The van der Waals surface area contributed by atoms with Gasteiger partial charge in [0.25, 0.3) is 0 Å². The van der Waals surface area contributed by atoms with E-state index in [9.17, 15) is 0 Å². The summed E-state index contributed by atoms with van der Waals surface area (Å²) in [6, 6.07) is 15.1. The van der Waals surface area contributed by atoms with Crippen molar-refractivity contribution in [2.24, 2.45) is 0 Å². The van der Waals surface area contributed by atoms with Crippen LogP contribution in [0.4, 0.5) is 0 Å². The fraction of sp³-hybridized carbons (Fsp3) is 0.316. The molecule has 4 rings (SSSR count). The molecule has 0 radical (unpaired) electrons. The summed E-state index contributed by atoms with van der Waals surface area (Å²) < 4.78 is 6.02. The molecule has 2 heterocycles. The maximum absolute atomic E-state index is 6.02. The van der Waals surface area contributed by atoms with E-state index in [4.69, 9.17) is 4.74 Å². The molecular formula is C19H20N2OS. The number of rotatable bonds is 4. The number of nitrogens with zero attached hydrogens (tertiary/aromatic N) is 2. The third-order valence-corrected chi connectivity index (χ3v) is 5.16. The Kier molecular flexibility index (Phi) is 4.37. The molecule has 3 nitrogen and oxygen atoms in total. The van der Waals surface area contributed by atoms with Crippen molar-refractivity contribution in [3.8, 4) is 0 Å². The van der Waals surface area contributed by atoms with E-state index < -0.39 is 0 Å². The van der Waals surface area contributed by atoms with E-state index in [0.29, 0.717) is 0 Å². The quantitative estimate of drug-likeness (QED) is 0.731. The van der Waals surface area contributed by atoms with Gasteiger partial charge < -0.3 is 4.74 Å². The van der Waals surface area contributed by atoms with Gasteiger partial charge in [0.2, 0.25) is 0 Å². The van der Waals surface area contributed by atoms with E-state index in [1.54, 1.807) is 11.3 Å². The maximum Gasteiger partial charge on any atom is 0.107 e. The van der Waals surface area contributed by atoms with Crippen molar-refractivity contribution >= 4 is 22.1 Å². The highest BCUT2D eigenvalue weighted by Crippen LogP contribution is 2.22. The van der Waals surface area contributed by atoms with E-state index >= 15 is 0 Å². The van der Waals surface area contributed by atoms with Crippen molar-refractivity contribution in [1.82, 2.24) is 9.88 Å². The Morgan fingerprint density at radius 1 is 1.17 bits per heavy atom. The molecule has 118 valence electrons. The normalized spacial score (nSPS) is 19.2. The molecule has 1 aliphatic heterocycles. The van der Waals surface area contributed by atoms with Crippen LogP contribution >= 0.6 is 11.3 Å². The van der Waals surface area contributed by atoms with Crippen LogP contribution in [0.3, 0.4) is 0 Å². The molecule has 0 amide bonds. The lowest BCUT2D eigenvalue weighted by Crippen LogP contribution is -2.42. The molecule has 4 heteroatoms. The molecule has 1 saturated heterocycles. The number of aromatic nitrogens is 1. The lowest BCUT2D eigenvalue weighted by atomic mass is 9.99. The Morgan fingerprint density at radius 2 is 2.09 bits per heavy atom. The third-order valence-electron chi connectivity index (χ3n) is 4.39. The minimum absolute atomic E-state index is 0.259. The number of benzene rings is 2. The van der Waals surface area contributed by atoms with Gasteiger partial charge in [-0.2, -0.15) is 0 Å². The molecule has 0 unspecified atom stereocenters. The van der Waals surface area contributed by atoms with Crippen molar-refractivity contribution in [1.29, 1.82) is 0 Å². The minimum Gasteiger partial charge on any atom is -0.375 e. The Hall–Kier alpha value is -1.75. The molecule has 1 atom stereocenters. The largest absolute Gasteiger partial charge is 0.375 e. The Labute approximate surface area is 140 Å². The predicted molar refractivity (Wildman–Crippen MR) is 94.8 cm³/mol. The summed E-state index contributed by atoms with van der Waals surface area (Å²) in [5, 5.41) is 5.88. The van der Waals surface area contributed by atoms with Crippen LogP contribution in [-0.4, -0.2) is 35.7 Å². The second-order valence-electron chi connectivity index (χ2n) is 6.00. The SMILES string of the molecule is c1ccc2c(C[C@@H]3CN(Cc4nccs4)CCO3)cccc2c1. The first-order valence-electron chi connectivity index (χ1n) is 8.07. The number of fused-ring (bicyclic) bond motifs is 1. The van der Waals surface area contributed by atoms with E-state index in [0.717, 1.165) is 32.7 Å². The lowest BCUT2D eigenvalue weighted by molar-refractivity contribution is -0.0303. The maximum atomic E-state index is 6.02. The zero-order valence-electron chi connectivity index (χ0n) is 13.0. The van der Waals surface area contributed by atoms with Gasteiger partial charge in [-0.25, -0.2) is 4.98 Å². The van der Waals surface area contributed by atoms with E-state index in [1.807, 2.05) is 11.6 Å². The standard InChI is InChI=1S/C19H20N2OS/c1-2-7-18-15(4-1)5-3-6-16(18)12-17-13-21(9-10-22-17)14-19-20-8-11-23-19/h1-8,11,17H,9-10,12-14H2/t17-/m1/s1. The first-order chi connectivity index (χ1) is 11.4. The highest BCUT2D eigenvalue weighted by molar-refractivity contribution is 7.09. The molecule has 23 heavy (non-hydrogen) atoms. The molecule has 0 N–H and O–H groups in total. The van der Waals surface area contributed by atoms with Gasteiger partial charge in [-0.15, -0.1) is 11.3 Å². The summed E-state index contributed by atoms with van der Waals surface area (Å²) in [6.07, 6.45) is 3.11. The molecule has 2 aromatic carbocycles. The molecule has 0 aliphatic carbocycles. The zero-order valence-corrected chi connectivity index (χ0v) is 13.8. The van der Waals surface area contributed by atoms with Crippen molar-refractivity contribution in [3.05, 3.63) is 64.6 Å². The van der Waals surface area contributed by atoms with Gasteiger partial charge in [0, 0.05) is 31.1 Å². The highest BCUT2D eigenvalue weighted by atomic mass is 32.1. The summed E-state index contributed by atoms with van der Waals surface area (Å²) in [4.78, 5) is 6.85. The van der Waals surface area contributed by atoms with Crippen LogP contribution in [0.25, 0.3) is 10.8 Å². The Morgan fingerprint density at radius 3 is 3.00 bits per heavy atom. The monoisotopic (exact) mass is 324 g/mol. The van der Waals surface area contributed by atoms with Gasteiger partial charge in [0.1, 0.15) is 5.01 Å². The summed E-state index contributed by atoms with van der Waals surface area (Å²) in [5.41, 5.74) is 1.38. The summed E-state index contributed by atoms with van der Waals surface area (Å²) >= 11 is 1.73. The van der Waals surface area contributed by atoms with Gasteiger partial charge in [-0.1, -0.05) is 42.5 Å². The minimum atomic E-state index is 0.259. The van der Waals surface area contributed by atoms with Crippen molar-refractivity contribution in [2.45, 2.75) is 19.1 Å². The molecule has 1 aliphatic rings. The smallest absolute Gasteiger partial charge is 0.107 e. The number of ether oxygens (including phenoxy) is 1. The number of morpholine rings is 1. The molecule has 3 aromatic rings. The van der Waals surface area contributed by atoms with Crippen molar-refractivity contribution < 1.29 is 4.74 Å². The number of thiazole rings is 1. The fourth-order valence-electron chi connectivity index (χ4n) is 3.29. The average molecular weight is 324 g/mol. The molecule has 0 bridgehead atoms. The van der Waals surface area contributed by atoms with Crippen LogP contribution in [0.5, 0.6) is 0 Å². The van der Waals surface area contributed by atoms with Gasteiger partial charge in [0.05, 0.1) is 19.3 Å². The first-order valence-corrected chi connectivity index (χ1v) is 8.95. The van der Waals surface area contributed by atoms with E-state index in [2.05, 4.69) is 52.3 Å². The molecule has 0 spiro atoms. The van der Waals surface area contributed by atoms with Crippen molar-refractivity contribution in [2.75, 3.05) is 19.7 Å². The zero-order chi connectivity index (χ0) is 15.5. The second kappa shape index (κ2) is 6.79. The fourth-order valence-corrected chi connectivity index (χ4v) is 3.94. The number of hydrogen-bond acceptors (Lipinski definition) is 4. The van der Waals surface area contributed by atoms with Gasteiger partial charge >= 0.3 is 0 Å². The molecule has 1 aromatic heterocycles. The van der Waals surface area contributed by atoms with Crippen LogP contribution in [0.2, 0.25) is 0 Å². The Balaban J connectivity index is 1.47. The molecule has 1 fully saturated rings. The van der Waals surface area contributed by atoms with E-state index in [1.165, 1.54) is 21.3 Å². The van der Waals surface area contributed by atoms with Crippen LogP contribution in [-0.2, 0) is 17.7 Å². The second-order valence-corrected chi connectivity index (χ2v) is 6.98. The third kappa shape index (κ3) is 3.44.